The number of benzene rings is 1. The number of aryl methyl sites for hydroxylation is 1. The molecule has 20 heavy (non-hydrogen) atoms. The van der Waals surface area contributed by atoms with Crippen LogP contribution in [0.15, 0.2) is 26.0 Å². The lowest BCUT2D eigenvalue weighted by molar-refractivity contribution is 0.398. The van der Waals surface area contributed by atoms with Crippen LogP contribution in [-0.4, -0.2) is 14.2 Å². The highest BCUT2D eigenvalue weighted by atomic mass is 16.5. The van der Waals surface area contributed by atoms with E-state index in [1.54, 1.807) is 19.9 Å². The van der Waals surface area contributed by atoms with Crippen LogP contribution in [0.5, 0.6) is 11.5 Å². The summed E-state index contributed by atoms with van der Waals surface area (Å²) in [6, 6.07) is 1.74. The van der Waals surface area contributed by atoms with Gasteiger partial charge >= 0.3 is 0 Å². The molecular weight excluding hydrogens is 260 g/mol. The number of hydrogen-bond acceptors (Lipinski definition) is 5. The van der Waals surface area contributed by atoms with Gasteiger partial charge in [0.05, 0.1) is 25.9 Å². The molecule has 0 N–H and O–H groups in total. The van der Waals surface area contributed by atoms with Crippen molar-refractivity contribution in [2.45, 2.75) is 13.8 Å². The molecule has 0 aliphatic rings. The van der Waals surface area contributed by atoms with Crippen molar-refractivity contribution in [3.05, 3.63) is 33.9 Å². The highest BCUT2D eigenvalue weighted by Crippen LogP contribution is 2.42. The van der Waals surface area contributed by atoms with E-state index in [1.165, 1.54) is 20.5 Å². The number of hydrogen-bond donors (Lipinski definition) is 0. The molecule has 0 bridgehead atoms. The molecule has 5 heteroatoms. The van der Waals surface area contributed by atoms with Crippen molar-refractivity contribution in [2.75, 3.05) is 14.2 Å². The van der Waals surface area contributed by atoms with Crippen LogP contribution in [0.1, 0.15) is 11.3 Å². The Balaban J connectivity index is 2.70. The van der Waals surface area contributed by atoms with Gasteiger partial charge in [-0.05, 0) is 19.9 Å². The second-order valence-electron chi connectivity index (χ2n) is 4.55. The lowest BCUT2D eigenvalue weighted by Gasteiger charge is -2.11. The van der Waals surface area contributed by atoms with E-state index in [9.17, 15) is 4.79 Å². The molecule has 0 saturated carbocycles. The first-order valence-electron chi connectivity index (χ1n) is 6.15. The molecular formula is C15H14O5. The molecule has 0 aliphatic carbocycles. The van der Waals surface area contributed by atoms with Gasteiger partial charge in [0, 0.05) is 5.56 Å². The van der Waals surface area contributed by atoms with E-state index in [1.807, 2.05) is 0 Å². The van der Waals surface area contributed by atoms with Crippen molar-refractivity contribution >= 4 is 21.9 Å². The summed E-state index contributed by atoms with van der Waals surface area (Å²) in [7, 11) is 3.03. The van der Waals surface area contributed by atoms with E-state index in [-0.39, 0.29) is 5.43 Å². The van der Waals surface area contributed by atoms with E-state index in [4.69, 9.17) is 18.3 Å². The zero-order valence-electron chi connectivity index (χ0n) is 11.7. The molecule has 0 spiro atoms. The molecule has 3 aromatic rings. The normalized spacial score (nSPS) is 11.2. The first kappa shape index (κ1) is 12.6. The minimum Gasteiger partial charge on any atom is -0.495 e. The van der Waals surface area contributed by atoms with Crippen molar-refractivity contribution in [1.82, 2.24) is 0 Å². The molecule has 2 heterocycles. The third kappa shape index (κ3) is 1.46. The fraction of sp³-hybridized carbons (Fsp3) is 0.267. The summed E-state index contributed by atoms with van der Waals surface area (Å²) in [6.07, 6.45) is 1.53. The maximum Gasteiger partial charge on any atom is 0.206 e. The van der Waals surface area contributed by atoms with Gasteiger partial charge in [-0.3, -0.25) is 4.79 Å². The van der Waals surface area contributed by atoms with Crippen LogP contribution in [0.25, 0.3) is 21.9 Å². The zero-order chi connectivity index (χ0) is 14.4. The molecule has 1 aromatic carbocycles. The third-order valence-electron chi connectivity index (χ3n) is 3.54. The largest absolute Gasteiger partial charge is 0.495 e. The van der Waals surface area contributed by atoms with Gasteiger partial charge in [0.1, 0.15) is 16.9 Å². The Morgan fingerprint density at radius 3 is 2.40 bits per heavy atom. The van der Waals surface area contributed by atoms with E-state index < -0.39 is 0 Å². The van der Waals surface area contributed by atoms with Crippen LogP contribution in [0.3, 0.4) is 0 Å². The summed E-state index contributed by atoms with van der Waals surface area (Å²) < 4.78 is 21.9. The van der Waals surface area contributed by atoms with Crippen molar-refractivity contribution in [3.63, 3.8) is 0 Å². The number of rotatable bonds is 2. The fourth-order valence-corrected chi connectivity index (χ4v) is 2.40. The molecule has 2 aromatic heterocycles. The van der Waals surface area contributed by atoms with E-state index in [0.29, 0.717) is 44.8 Å². The molecule has 0 aliphatic heterocycles. The predicted octanol–water partition coefficient (Wildman–Crippen LogP) is 3.17. The summed E-state index contributed by atoms with van der Waals surface area (Å²) in [5.74, 6) is 1.40. The average molecular weight is 274 g/mol. The number of methoxy groups -OCH3 is 2. The highest BCUT2D eigenvalue weighted by molar-refractivity contribution is 6.06. The fourth-order valence-electron chi connectivity index (χ4n) is 2.40. The highest BCUT2D eigenvalue weighted by Gasteiger charge is 2.23. The Kier molecular flexibility index (Phi) is 2.71. The Morgan fingerprint density at radius 1 is 1.05 bits per heavy atom. The van der Waals surface area contributed by atoms with Crippen molar-refractivity contribution in [1.29, 1.82) is 0 Å². The smallest absolute Gasteiger partial charge is 0.206 e. The van der Waals surface area contributed by atoms with E-state index in [0.717, 1.165) is 0 Å². The zero-order valence-corrected chi connectivity index (χ0v) is 11.7. The topological polar surface area (TPSA) is 61.8 Å². The third-order valence-corrected chi connectivity index (χ3v) is 3.54. The van der Waals surface area contributed by atoms with E-state index >= 15 is 0 Å². The number of ether oxygens (including phenoxy) is 2. The minimum absolute atomic E-state index is 0.123. The molecule has 0 radical (unpaired) electrons. The second-order valence-corrected chi connectivity index (χ2v) is 4.55. The quantitative estimate of drug-likeness (QED) is 0.718. The summed E-state index contributed by atoms with van der Waals surface area (Å²) in [5, 5.41) is 1.06. The molecule has 0 fully saturated rings. The monoisotopic (exact) mass is 274 g/mol. The van der Waals surface area contributed by atoms with Crippen LogP contribution in [-0.2, 0) is 0 Å². The summed E-state index contributed by atoms with van der Waals surface area (Å²) in [6.45, 7) is 3.47. The first-order valence-corrected chi connectivity index (χ1v) is 6.15. The van der Waals surface area contributed by atoms with Crippen LogP contribution in [0.4, 0.5) is 0 Å². The van der Waals surface area contributed by atoms with Crippen molar-refractivity contribution < 1.29 is 18.3 Å². The lowest BCUT2D eigenvalue weighted by Crippen LogP contribution is -2.09. The van der Waals surface area contributed by atoms with Crippen molar-refractivity contribution in [2.24, 2.45) is 0 Å². The van der Waals surface area contributed by atoms with Crippen molar-refractivity contribution in [3.8, 4) is 11.5 Å². The molecule has 0 amide bonds. The van der Waals surface area contributed by atoms with Gasteiger partial charge in [-0.15, -0.1) is 0 Å². The molecule has 104 valence electrons. The minimum atomic E-state index is -0.123. The summed E-state index contributed by atoms with van der Waals surface area (Å²) in [5.41, 5.74) is 1.28. The van der Waals surface area contributed by atoms with Gasteiger partial charge in [-0.2, -0.15) is 0 Å². The van der Waals surface area contributed by atoms with Gasteiger partial charge in [0.2, 0.25) is 5.75 Å². The first-order chi connectivity index (χ1) is 9.60. The van der Waals surface area contributed by atoms with Gasteiger partial charge < -0.3 is 18.3 Å². The Bertz CT molecular complexity index is 869. The van der Waals surface area contributed by atoms with Crippen LogP contribution < -0.4 is 14.9 Å². The SMILES string of the molecule is COc1c2occc2c(OC)c2c(=O)c(C)c(C)oc12. The number of furan rings is 1. The van der Waals surface area contributed by atoms with Crippen LogP contribution in [0, 0.1) is 13.8 Å². The molecule has 5 nitrogen and oxygen atoms in total. The van der Waals surface area contributed by atoms with Gasteiger partial charge in [-0.25, -0.2) is 0 Å². The maximum absolute atomic E-state index is 12.5. The number of fused-ring (bicyclic) bond motifs is 2. The molecule has 0 unspecified atom stereocenters. The predicted molar refractivity (Wildman–Crippen MR) is 74.8 cm³/mol. The summed E-state index contributed by atoms with van der Waals surface area (Å²) in [4.78, 5) is 12.5. The van der Waals surface area contributed by atoms with Gasteiger partial charge in [0.25, 0.3) is 0 Å². The summed E-state index contributed by atoms with van der Waals surface area (Å²) >= 11 is 0. The maximum atomic E-state index is 12.5. The van der Waals surface area contributed by atoms with Gasteiger partial charge in [-0.1, -0.05) is 0 Å². The Labute approximate surface area is 114 Å². The second kappa shape index (κ2) is 4.30. The molecule has 0 atom stereocenters. The van der Waals surface area contributed by atoms with E-state index in [2.05, 4.69) is 0 Å². The van der Waals surface area contributed by atoms with Crippen LogP contribution in [0.2, 0.25) is 0 Å². The standard InChI is InChI=1S/C15H14O5/c1-7-8(2)20-14-10(11(7)16)12(17-3)9-5-6-19-13(9)15(14)18-4/h5-6H,1-4H3. The average Bonchev–Trinajstić information content (AvgIpc) is 2.91. The molecule has 3 rings (SSSR count). The Morgan fingerprint density at radius 2 is 1.75 bits per heavy atom. The van der Waals surface area contributed by atoms with Gasteiger partial charge in [0.15, 0.2) is 16.6 Å². The molecule has 0 saturated heterocycles. The van der Waals surface area contributed by atoms with Crippen LogP contribution >= 0.6 is 0 Å². The lowest BCUT2D eigenvalue weighted by atomic mass is 10.1. The Hall–Kier alpha value is -2.43.